The Bertz CT molecular complexity index is 2580. The molecule has 4 heteroatoms. The molecule has 5 aromatic carbocycles. The lowest BCUT2D eigenvalue weighted by atomic mass is 9.35. The summed E-state index contributed by atoms with van der Waals surface area (Å²) >= 11 is 0. The molecule has 0 saturated heterocycles. The maximum Gasteiger partial charge on any atom is 0.297 e. The van der Waals surface area contributed by atoms with E-state index in [9.17, 15) is 0 Å². The number of anilines is 6. The van der Waals surface area contributed by atoms with Gasteiger partial charge in [-0.15, -0.1) is 0 Å². The van der Waals surface area contributed by atoms with Crippen molar-refractivity contribution in [2.24, 2.45) is 0 Å². The minimum absolute atomic E-state index is 0.00916. The summed E-state index contributed by atoms with van der Waals surface area (Å²) in [6, 6.07) is 35.5. The summed E-state index contributed by atoms with van der Waals surface area (Å²) in [4.78, 5) is 5.09. The molecule has 0 atom stereocenters. The van der Waals surface area contributed by atoms with E-state index in [0.29, 0.717) is 0 Å². The Hall–Kier alpha value is -4.70. The van der Waals surface area contributed by atoms with Crippen LogP contribution in [0.2, 0.25) is 0 Å². The van der Waals surface area contributed by atoms with E-state index in [1.807, 2.05) is 0 Å². The first-order valence-corrected chi connectivity index (χ1v) is 20.8. The minimum Gasteiger partial charge on any atom is -0.468 e. The van der Waals surface area contributed by atoms with Crippen molar-refractivity contribution in [1.82, 2.24) is 0 Å². The number of nitrogens with zero attached hydrogens (tertiary/aromatic N) is 2. The van der Waals surface area contributed by atoms with Crippen LogP contribution in [0.5, 0.6) is 0 Å². The summed E-state index contributed by atoms with van der Waals surface area (Å²) in [7, 11) is 0. The maximum atomic E-state index is 7.27. The monoisotopic (exact) mass is 738 g/mol. The maximum absolute atomic E-state index is 7.27. The first-order valence-electron chi connectivity index (χ1n) is 20.8. The molecular formula is C52H59BN2O. The highest BCUT2D eigenvalue weighted by atomic mass is 16.3. The van der Waals surface area contributed by atoms with E-state index >= 15 is 0 Å². The molecule has 2 aliphatic heterocycles. The Kier molecular flexibility index (Phi) is 7.70. The van der Waals surface area contributed by atoms with Gasteiger partial charge < -0.3 is 14.2 Å². The minimum atomic E-state index is -0.0791. The lowest BCUT2D eigenvalue weighted by molar-refractivity contribution is 0.403. The molecule has 3 aliphatic rings. The largest absolute Gasteiger partial charge is 0.468 e. The fraction of sp³-hybridized carbons (Fsp3) is 0.385. The van der Waals surface area contributed by atoms with Gasteiger partial charge in [0.2, 0.25) is 0 Å². The van der Waals surface area contributed by atoms with Crippen LogP contribution < -0.4 is 26.4 Å². The number of hydrogen-bond donors (Lipinski definition) is 0. The molecule has 0 spiro atoms. The molecule has 0 amide bonds. The van der Waals surface area contributed by atoms with E-state index in [1.165, 1.54) is 83.8 Å². The van der Waals surface area contributed by atoms with Crippen molar-refractivity contribution < 1.29 is 4.42 Å². The van der Waals surface area contributed by atoms with Gasteiger partial charge in [-0.25, -0.2) is 0 Å². The molecule has 1 aliphatic carbocycles. The fourth-order valence-electron chi connectivity index (χ4n) is 10.3. The SMILES string of the molecule is Cc1cc2c3c(c1)N(c1ccc4c(c1)C(C)(C)CC4(C)C)c1c(oc4ccc(C(C)(C)C)cc14)B3c1cc(C(C)(C)C)ccc1N2c1ccc(C(C)(C)C)cc1. The highest BCUT2D eigenvalue weighted by Gasteiger charge is 2.48. The number of hydrogen-bond acceptors (Lipinski definition) is 3. The zero-order valence-corrected chi connectivity index (χ0v) is 36.2. The molecule has 0 unspecified atom stereocenters. The van der Waals surface area contributed by atoms with Gasteiger partial charge in [0.1, 0.15) is 5.58 Å². The number of aryl methyl sites for hydroxylation is 1. The predicted molar refractivity (Wildman–Crippen MR) is 242 cm³/mol. The highest BCUT2D eigenvalue weighted by Crippen LogP contribution is 2.53. The van der Waals surface area contributed by atoms with Crippen molar-refractivity contribution >= 4 is 68.4 Å². The van der Waals surface area contributed by atoms with Gasteiger partial charge in [-0.3, -0.25) is 0 Å². The van der Waals surface area contributed by atoms with Gasteiger partial charge in [0, 0.05) is 33.8 Å². The van der Waals surface area contributed by atoms with E-state index < -0.39 is 0 Å². The molecule has 3 nitrogen and oxygen atoms in total. The van der Waals surface area contributed by atoms with Crippen LogP contribution in [0.15, 0.2) is 95.4 Å². The van der Waals surface area contributed by atoms with Crippen LogP contribution in [0.3, 0.4) is 0 Å². The van der Waals surface area contributed by atoms with Gasteiger partial charge in [-0.1, -0.05) is 126 Å². The van der Waals surface area contributed by atoms with Crippen LogP contribution in [0.4, 0.5) is 34.1 Å². The zero-order chi connectivity index (χ0) is 40.1. The molecule has 9 rings (SSSR count). The van der Waals surface area contributed by atoms with Crippen LogP contribution >= 0.6 is 0 Å². The van der Waals surface area contributed by atoms with Crippen LogP contribution in [0, 0.1) is 6.92 Å². The quantitative estimate of drug-likeness (QED) is 0.165. The number of benzene rings is 5. The second-order valence-corrected chi connectivity index (χ2v) is 21.6. The Morgan fingerprint density at radius 2 is 1.11 bits per heavy atom. The molecule has 1 aromatic heterocycles. The number of rotatable bonds is 2. The molecule has 0 N–H and O–H groups in total. The second-order valence-electron chi connectivity index (χ2n) is 21.6. The first-order chi connectivity index (χ1) is 26.0. The molecule has 0 bridgehead atoms. The third-order valence-electron chi connectivity index (χ3n) is 13.1. The van der Waals surface area contributed by atoms with Crippen molar-refractivity contribution in [3.8, 4) is 0 Å². The van der Waals surface area contributed by atoms with E-state index in [2.05, 4.69) is 198 Å². The molecular weight excluding hydrogens is 679 g/mol. The summed E-state index contributed by atoms with van der Waals surface area (Å²) in [6.07, 6.45) is 1.13. The highest BCUT2D eigenvalue weighted by molar-refractivity contribution is 7.00. The van der Waals surface area contributed by atoms with Crippen LogP contribution in [-0.2, 0) is 27.1 Å². The molecule has 6 aromatic rings. The summed E-state index contributed by atoms with van der Waals surface area (Å²) in [6.45, 7) is 32.6. The van der Waals surface area contributed by atoms with Crippen LogP contribution in [0.1, 0.15) is 130 Å². The van der Waals surface area contributed by atoms with E-state index in [0.717, 1.165) is 17.7 Å². The van der Waals surface area contributed by atoms with Gasteiger partial charge >= 0.3 is 0 Å². The molecule has 0 saturated carbocycles. The standard InChI is InChI=1S/C52H59BN2O/c1-31-25-42-45-43(26-31)55(36-21-22-38-39(29-36)52(13,14)30-51(38,11)12)46-37-27-33(49(5,6)7)18-24-44(37)56-47(46)53(45)40-28-34(50(8,9)10)17-23-41(40)54(42)35-19-15-32(16-20-35)48(2,3)4/h15-29H,30H2,1-14H3. The summed E-state index contributed by atoms with van der Waals surface area (Å²) in [5, 5.41) is 1.18. The third kappa shape index (κ3) is 5.52. The average molecular weight is 739 g/mol. The summed E-state index contributed by atoms with van der Waals surface area (Å²) in [5.41, 5.74) is 20.1. The van der Waals surface area contributed by atoms with E-state index in [4.69, 9.17) is 4.42 Å². The summed E-state index contributed by atoms with van der Waals surface area (Å²) in [5.74, 6) is 0. The van der Waals surface area contributed by atoms with Crippen molar-refractivity contribution in [2.75, 3.05) is 9.80 Å². The van der Waals surface area contributed by atoms with Crippen molar-refractivity contribution in [3.05, 3.63) is 124 Å². The topological polar surface area (TPSA) is 19.6 Å². The van der Waals surface area contributed by atoms with Gasteiger partial charge in [0.05, 0.1) is 11.3 Å². The van der Waals surface area contributed by atoms with Gasteiger partial charge in [-0.2, -0.15) is 0 Å². The molecule has 286 valence electrons. The Morgan fingerprint density at radius 3 is 1.75 bits per heavy atom. The molecule has 56 heavy (non-hydrogen) atoms. The Morgan fingerprint density at radius 1 is 0.554 bits per heavy atom. The first kappa shape index (κ1) is 36.9. The molecule has 3 heterocycles. The smallest absolute Gasteiger partial charge is 0.297 e. The molecule has 0 radical (unpaired) electrons. The van der Waals surface area contributed by atoms with Gasteiger partial charge in [0.25, 0.3) is 6.71 Å². The van der Waals surface area contributed by atoms with Gasteiger partial charge in [-0.05, 0) is 139 Å². The van der Waals surface area contributed by atoms with Crippen LogP contribution in [0.25, 0.3) is 11.0 Å². The number of fused-ring (bicyclic) bond motifs is 7. The number of furan rings is 1. The lowest BCUT2D eigenvalue weighted by Crippen LogP contribution is -2.61. The second kappa shape index (κ2) is 11.7. The van der Waals surface area contributed by atoms with Crippen molar-refractivity contribution in [1.29, 1.82) is 0 Å². The van der Waals surface area contributed by atoms with E-state index in [1.54, 1.807) is 0 Å². The van der Waals surface area contributed by atoms with Crippen LogP contribution in [-0.4, -0.2) is 6.71 Å². The Balaban J connectivity index is 1.39. The molecule has 0 fully saturated rings. The van der Waals surface area contributed by atoms with Crippen molar-refractivity contribution in [2.45, 2.75) is 130 Å². The van der Waals surface area contributed by atoms with Gasteiger partial charge in [0.15, 0.2) is 0 Å². The summed E-state index contributed by atoms with van der Waals surface area (Å²) < 4.78 is 7.27. The third-order valence-corrected chi connectivity index (χ3v) is 13.1. The fourth-order valence-corrected chi connectivity index (χ4v) is 10.3. The van der Waals surface area contributed by atoms with Crippen molar-refractivity contribution in [3.63, 3.8) is 0 Å². The van der Waals surface area contributed by atoms with E-state index in [-0.39, 0.29) is 33.8 Å². The predicted octanol–water partition coefficient (Wildman–Crippen LogP) is 12.7. The lowest BCUT2D eigenvalue weighted by Gasteiger charge is -2.43. The zero-order valence-electron chi connectivity index (χ0n) is 36.2. The Labute approximate surface area is 336 Å². The normalized spacial score (nSPS) is 16.9. The average Bonchev–Trinajstić information content (AvgIpc) is 3.56.